The third-order valence-electron chi connectivity index (χ3n) is 3.37. The molecule has 1 unspecified atom stereocenters. The van der Waals surface area contributed by atoms with Gasteiger partial charge in [0.25, 0.3) is 0 Å². The molecular weight excluding hydrogens is 264 g/mol. The van der Waals surface area contributed by atoms with Gasteiger partial charge >= 0.3 is 5.97 Å². The van der Waals surface area contributed by atoms with Crippen LogP contribution in [-0.2, 0) is 11.3 Å². The Morgan fingerprint density at radius 3 is 2.95 bits per heavy atom. The fraction of sp³-hybridized carbons (Fsp3) is 0.538. The second kappa shape index (κ2) is 6.16. The molecule has 1 aliphatic heterocycles. The molecule has 1 aromatic rings. The zero-order valence-corrected chi connectivity index (χ0v) is 11.7. The molecule has 0 spiro atoms. The standard InChI is InChI=1S/C13H18N2O3S/c1-14-12(16)9-3-2-6-15(7-9)8-10-4-5-11(19-10)13(17)18/h4-5,9H,2-3,6-8H2,1H3,(H,14,16)(H,17,18). The number of aromatic carboxylic acids is 1. The van der Waals surface area contributed by atoms with Crippen molar-refractivity contribution in [3.63, 3.8) is 0 Å². The maximum absolute atomic E-state index is 11.6. The highest BCUT2D eigenvalue weighted by Crippen LogP contribution is 2.22. The topological polar surface area (TPSA) is 69.6 Å². The Labute approximate surface area is 116 Å². The average molecular weight is 282 g/mol. The van der Waals surface area contributed by atoms with Gasteiger partial charge in [0.15, 0.2) is 0 Å². The Kier molecular flexibility index (Phi) is 4.55. The molecule has 2 rings (SSSR count). The minimum Gasteiger partial charge on any atom is -0.477 e. The van der Waals surface area contributed by atoms with E-state index in [1.165, 1.54) is 11.3 Å². The Morgan fingerprint density at radius 2 is 2.32 bits per heavy atom. The summed E-state index contributed by atoms with van der Waals surface area (Å²) in [4.78, 5) is 26.1. The van der Waals surface area contributed by atoms with Crippen molar-refractivity contribution in [3.05, 3.63) is 21.9 Å². The molecule has 1 saturated heterocycles. The Morgan fingerprint density at radius 1 is 1.53 bits per heavy atom. The highest BCUT2D eigenvalue weighted by atomic mass is 32.1. The molecule has 0 radical (unpaired) electrons. The molecule has 1 aromatic heterocycles. The zero-order chi connectivity index (χ0) is 13.8. The van der Waals surface area contributed by atoms with E-state index in [0.717, 1.165) is 37.4 Å². The van der Waals surface area contributed by atoms with Gasteiger partial charge in [-0.3, -0.25) is 9.69 Å². The number of carbonyl (C=O) groups is 2. The van der Waals surface area contributed by atoms with Crippen LogP contribution in [0.15, 0.2) is 12.1 Å². The van der Waals surface area contributed by atoms with Crippen LogP contribution in [0.5, 0.6) is 0 Å². The van der Waals surface area contributed by atoms with Crippen LogP contribution in [0.3, 0.4) is 0 Å². The van der Waals surface area contributed by atoms with E-state index in [-0.39, 0.29) is 11.8 Å². The maximum atomic E-state index is 11.6. The molecule has 1 fully saturated rings. The molecule has 2 N–H and O–H groups in total. The van der Waals surface area contributed by atoms with Crippen molar-refractivity contribution in [1.29, 1.82) is 0 Å². The normalized spacial score (nSPS) is 20.2. The van der Waals surface area contributed by atoms with E-state index in [4.69, 9.17) is 5.11 Å². The van der Waals surface area contributed by atoms with E-state index in [2.05, 4.69) is 10.2 Å². The van der Waals surface area contributed by atoms with Gasteiger partial charge in [-0.2, -0.15) is 0 Å². The van der Waals surface area contributed by atoms with Crippen LogP contribution in [0.1, 0.15) is 27.4 Å². The first-order chi connectivity index (χ1) is 9.10. The maximum Gasteiger partial charge on any atom is 0.345 e. The quantitative estimate of drug-likeness (QED) is 0.876. The molecule has 0 aliphatic carbocycles. The Bertz CT molecular complexity index is 472. The summed E-state index contributed by atoms with van der Waals surface area (Å²) in [5, 5.41) is 11.6. The van der Waals surface area contributed by atoms with Crippen molar-refractivity contribution in [1.82, 2.24) is 10.2 Å². The summed E-state index contributed by atoms with van der Waals surface area (Å²) in [7, 11) is 1.67. The van der Waals surface area contributed by atoms with Crippen LogP contribution in [0, 0.1) is 5.92 Å². The molecule has 1 atom stereocenters. The van der Waals surface area contributed by atoms with Gasteiger partial charge in [0.2, 0.25) is 5.91 Å². The summed E-state index contributed by atoms with van der Waals surface area (Å²) in [5.74, 6) is -0.724. The number of likely N-dealkylation sites (tertiary alicyclic amines) is 1. The number of carboxylic acid groups (broad SMARTS) is 1. The second-order valence-electron chi connectivity index (χ2n) is 4.76. The highest BCUT2D eigenvalue weighted by molar-refractivity contribution is 7.13. The molecule has 0 saturated carbocycles. The van der Waals surface area contributed by atoms with E-state index in [9.17, 15) is 9.59 Å². The Hall–Kier alpha value is -1.40. The Balaban J connectivity index is 1.94. The number of hydrogen-bond donors (Lipinski definition) is 2. The number of amides is 1. The molecule has 0 aromatic carbocycles. The minimum atomic E-state index is -0.877. The summed E-state index contributed by atoms with van der Waals surface area (Å²) in [6, 6.07) is 3.50. The molecule has 19 heavy (non-hydrogen) atoms. The zero-order valence-electron chi connectivity index (χ0n) is 10.9. The van der Waals surface area contributed by atoms with E-state index in [0.29, 0.717) is 4.88 Å². The highest BCUT2D eigenvalue weighted by Gasteiger charge is 2.25. The molecule has 1 aliphatic rings. The second-order valence-corrected chi connectivity index (χ2v) is 5.93. The molecule has 2 heterocycles. The van der Waals surface area contributed by atoms with E-state index in [1.807, 2.05) is 6.07 Å². The molecule has 5 nitrogen and oxygen atoms in total. The lowest BCUT2D eigenvalue weighted by Gasteiger charge is -2.31. The van der Waals surface area contributed by atoms with Crippen LogP contribution in [0.4, 0.5) is 0 Å². The molecule has 6 heteroatoms. The van der Waals surface area contributed by atoms with Crippen molar-refractivity contribution in [2.75, 3.05) is 20.1 Å². The smallest absolute Gasteiger partial charge is 0.345 e. The van der Waals surface area contributed by atoms with Crippen LogP contribution in [0.2, 0.25) is 0 Å². The third kappa shape index (κ3) is 3.54. The first kappa shape index (κ1) is 14.0. The minimum absolute atomic E-state index is 0.0534. The number of carboxylic acids is 1. The third-order valence-corrected chi connectivity index (χ3v) is 4.43. The van der Waals surface area contributed by atoms with Gasteiger partial charge in [0.1, 0.15) is 4.88 Å². The van der Waals surface area contributed by atoms with Gasteiger partial charge in [-0.25, -0.2) is 4.79 Å². The van der Waals surface area contributed by atoms with E-state index < -0.39 is 5.97 Å². The van der Waals surface area contributed by atoms with Gasteiger partial charge in [-0.1, -0.05) is 0 Å². The summed E-state index contributed by atoms with van der Waals surface area (Å²) < 4.78 is 0. The largest absolute Gasteiger partial charge is 0.477 e. The van der Waals surface area contributed by atoms with Crippen molar-refractivity contribution >= 4 is 23.2 Å². The van der Waals surface area contributed by atoms with Crippen molar-refractivity contribution in [3.8, 4) is 0 Å². The summed E-state index contributed by atoms with van der Waals surface area (Å²) in [5.41, 5.74) is 0. The first-order valence-electron chi connectivity index (χ1n) is 6.36. The number of hydrogen-bond acceptors (Lipinski definition) is 4. The van der Waals surface area contributed by atoms with Crippen LogP contribution < -0.4 is 5.32 Å². The van der Waals surface area contributed by atoms with Crippen LogP contribution in [0.25, 0.3) is 0 Å². The number of carbonyl (C=O) groups excluding carboxylic acids is 1. The number of thiophene rings is 1. The van der Waals surface area contributed by atoms with E-state index >= 15 is 0 Å². The predicted octanol–water partition coefficient (Wildman–Crippen LogP) is 1.40. The SMILES string of the molecule is CNC(=O)C1CCCN(Cc2ccc(C(=O)O)s2)C1. The van der Waals surface area contributed by atoms with Crippen LogP contribution >= 0.6 is 11.3 Å². The van der Waals surface area contributed by atoms with Crippen LogP contribution in [-0.4, -0.2) is 42.0 Å². The van der Waals surface area contributed by atoms with Gasteiger partial charge in [-0.05, 0) is 31.5 Å². The number of nitrogens with one attached hydrogen (secondary N) is 1. The van der Waals surface area contributed by atoms with Gasteiger partial charge in [-0.15, -0.1) is 11.3 Å². The average Bonchev–Trinajstić information content (AvgIpc) is 2.87. The lowest BCUT2D eigenvalue weighted by atomic mass is 9.97. The molecular formula is C13H18N2O3S. The number of piperidine rings is 1. The predicted molar refractivity (Wildman–Crippen MR) is 73.3 cm³/mol. The van der Waals surface area contributed by atoms with Crippen molar-refractivity contribution in [2.45, 2.75) is 19.4 Å². The fourth-order valence-corrected chi connectivity index (χ4v) is 3.30. The molecule has 1 amide bonds. The van der Waals surface area contributed by atoms with Crippen molar-refractivity contribution < 1.29 is 14.7 Å². The van der Waals surface area contributed by atoms with Gasteiger partial charge < -0.3 is 10.4 Å². The van der Waals surface area contributed by atoms with Gasteiger partial charge in [0.05, 0.1) is 5.92 Å². The lowest BCUT2D eigenvalue weighted by Crippen LogP contribution is -2.41. The number of nitrogens with zero attached hydrogens (tertiary/aromatic N) is 1. The molecule has 0 bridgehead atoms. The van der Waals surface area contributed by atoms with Gasteiger partial charge in [0, 0.05) is 25.0 Å². The lowest BCUT2D eigenvalue weighted by molar-refractivity contribution is -0.126. The summed E-state index contributed by atoms with van der Waals surface area (Å²) in [6.45, 7) is 2.44. The fourth-order valence-electron chi connectivity index (χ4n) is 2.42. The first-order valence-corrected chi connectivity index (χ1v) is 7.17. The van der Waals surface area contributed by atoms with E-state index in [1.54, 1.807) is 13.1 Å². The summed E-state index contributed by atoms with van der Waals surface area (Å²) in [6.07, 6.45) is 1.94. The monoisotopic (exact) mass is 282 g/mol. The molecule has 104 valence electrons. The summed E-state index contributed by atoms with van der Waals surface area (Å²) >= 11 is 1.31. The number of rotatable bonds is 4. The van der Waals surface area contributed by atoms with Crippen molar-refractivity contribution in [2.24, 2.45) is 5.92 Å².